The van der Waals surface area contributed by atoms with Gasteiger partial charge in [0.2, 0.25) is 5.78 Å². The second kappa shape index (κ2) is 10.1. The predicted octanol–water partition coefficient (Wildman–Crippen LogP) is 4.64. The fraction of sp³-hybridized carbons (Fsp3) is 0.429. The molecule has 0 spiro atoms. The zero-order valence-corrected chi connectivity index (χ0v) is 20.3. The van der Waals surface area contributed by atoms with Gasteiger partial charge in [-0.3, -0.25) is 9.59 Å². The van der Waals surface area contributed by atoms with Gasteiger partial charge in [0, 0.05) is 23.7 Å². The van der Waals surface area contributed by atoms with Gasteiger partial charge in [-0.25, -0.2) is 9.78 Å². The first-order valence-corrected chi connectivity index (χ1v) is 12.3. The molecule has 4 rings (SSSR count). The Labute approximate surface area is 205 Å². The van der Waals surface area contributed by atoms with Crippen LogP contribution in [0.4, 0.5) is 5.82 Å². The highest BCUT2D eigenvalue weighted by Gasteiger charge is 2.85. The molecule has 0 bridgehead atoms. The molecule has 35 heavy (non-hydrogen) atoms. The van der Waals surface area contributed by atoms with Crippen molar-refractivity contribution >= 4 is 23.4 Å². The molecule has 1 saturated heterocycles. The number of nitrogens with two attached hydrogens (primary N) is 1. The number of anilines is 1. The summed E-state index contributed by atoms with van der Waals surface area (Å²) in [6.45, 7) is 4.26. The van der Waals surface area contributed by atoms with E-state index in [0.717, 1.165) is 43.2 Å². The van der Waals surface area contributed by atoms with Gasteiger partial charge >= 0.3 is 5.97 Å². The molecule has 7 heteroatoms. The van der Waals surface area contributed by atoms with E-state index in [1.54, 1.807) is 30.5 Å². The van der Waals surface area contributed by atoms with E-state index in [2.05, 4.69) is 11.9 Å². The van der Waals surface area contributed by atoms with E-state index in [4.69, 9.17) is 15.2 Å². The summed E-state index contributed by atoms with van der Waals surface area (Å²) in [6.07, 6.45) is 8.92. The van der Waals surface area contributed by atoms with Crippen molar-refractivity contribution in [1.82, 2.24) is 4.98 Å². The maximum absolute atomic E-state index is 13.5. The number of esters is 1. The Hall–Kier alpha value is -3.32. The van der Waals surface area contributed by atoms with Gasteiger partial charge in [-0.15, -0.1) is 0 Å². The van der Waals surface area contributed by atoms with Crippen molar-refractivity contribution in [2.75, 3.05) is 12.3 Å². The molecule has 7 nitrogen and oxygen atoms in total. The van der Waals surface area contributed by atoms with Crippen LogP contribution in [0.3, 0.4) is 0 Å². The van der Waals surface area contributed by atoms with E-state index in [0.29, 0.717) is 17.8 Å². The van der Waals surface area contributed by atoms with Gasteiger partial charge < -0.3 is 15.2 Å². The molecule has 0 saturated carbocycles. The van der Waals surface area contributed by atoms with Crippen LogP contribution in [0.1, 0.15) is 78.7 Å². The smallest absolute Gasteiger partial charge is 0.350 e. The highest BCUT2D eigenvalue weighted by atomic mass is 16.7. The van der Waals surface area contributed by atoms with Crippen LogP contribution in [-0.4, -0.2) is 40.3 Å². The number of hydrogen-bond acceptors (Lipinski definition) is 7. The van der Waals surface area contributed by atoms with Crippen LogP contribution in [0.5, 0.6) is 0 Å². The molecule has 2 heterocycles. The number of aromatic nitrogens is 1. The van der Waals surface area contributed by atoms with E-state index in [9.17, 15) is 14.4 Å². The first-order valence-electron chi connectivity index (χ1n) is 12.3. The van der Waals surface area contributed by atoms with Crippen LogP contribution in [0.15, 0.2) is 54.2 Å². The Bertz CT molecular complexity index is 1170. The molecule has 1 aliphatic carbocycles. The van der Waals surface area contributed by atoms with E-state index in [1.165, 1.54) is 0 Å². The van der Waals surface area contributed by atoms with Gasteiger partial charge in [-0.2, -0.15) is 0 Å². The van der Waals surface area contributed by atoms with Crippen molar-refractivity contribution in [2.45, 2.75) is 70.0 Å². The number of carbonyl (C=O) groups excluding carboxylic acids is 3. The lowest BCUT2D eigenvalue weighted by molar-refractivity contribution is -0.148. The van der Waals surface area contributed by atoms with E-state index in [1.807, 2.05) is 25.1 Å². The highest BCUT2D eigenvalue weighted by Crippen LogP contribution is 2.58. The number of ketones is 2. The van der Waals surface area contributed by atoms with Crippen LogP contribution in [-0.2, 0) is 20.7 Å². The quantitative estimate of drug-likeness (QED) is 0.165. The normalized spacial score (nSPS) is 23.0. The minimum Gasteiger partial charge on any atom is -0.463 e. The summed E-state index contributed by atoms with van der Waals surface area (Å²) in [4.78, 5) is 44.2. The summed E-state index contributed by atoms with van der Waals surface area (Å²) in [5.41, 5.74) is 4.88. The molecule has 1 aromatic heterocycles. The number of Topliss-reactive ketones (excluding diaryl/α,β-unsaturated/α-hetero) is 2. The van der Waals surface area contributed by atoms with Crippen molar-refractivity contribution in [3.63, 3.8) is 0 Å². The number of hydrogen-bond donors (Lipinski definition) is 1. The second-order valence-corrected chi connectivity index (χ2v) is 9.35. The number of fused-ring (bicyclic) bond motifs is 2. The maximum Gasteiger partial charge on any atom is 0.350 e. The summed E-state index contributed by atoms with van der Waals surface area (Å²) in [7, 11) is 0. The monoisotopic (exact) mass is 476 g/mol. The summed E-state index contributed by atoms with van der Waals surface area (Å²) in [6, 6.07) is 10.3. The molecule has 1 fully saturated rings. The molecule has 1 aliphatic heterocycles. The summed E-state index contributed by atoms with van der Waals surface area (Å²) >= 11 is 0. The molecule has 2 N–H and O–H groups in total. The molecule has 184 valence electrons. The number of pyridine rings is 1. The molecule has 0 amide bonds. The number of carbonyl (C=O) groups is 3. The molecule has 0 radical (unpaired) electrons. The average Bonchev–Trinajstić information content (AvgIpc) is 3.57. The number of allylic oxidation sites excluding steroid dienone is 1. The average molecular weight is 477 g/mol. The van der Waals surface area contributed by atoms with Crippen LogP contribution >= 0.6 is 0 Å². The molecule has 2 atom stereocenters. The van der Waals surface area contributed by atoms with Gasteiger partial charge in [0.25, 0.3) is 5.60 Å². The third-order valence-electron chi connectivity index (χ3n) is 6.87. The van der Waals surface area contributed by atoms with Crippen LogP contribution in [0.2, 0.25) is 0 Å². The van der Waals surface area contributed by atoms with Crippen LogP contribution in [0, 0.1) is 0 Å². The number of benzene rings is 1. The van der Waals surface area contributed by atoms with Gasteiger partial charge in [-0.05, 0) is 43.9 Å². The third kappa shape index (κ3) is 4.52. The molecule has 2 aliphatic rings. The van der Waals surface area contributed by atoms with E-state index >= 15 is 0 Å². The van der Waals surface area contributed by atoms with Gasteiger partial charge in [0.15, 0.2) is 11.4 Å². The number of epoxide rings is 1. The standard InChI is InChI=1S/C28H32N2O5/c1-3-4-5-8-17-34-26(33)28-25(32)22-10-7-6-9-21(22)24(31)27(28,35-28)15-13-19(2)11-12-20-14-16-30-23(29)18-20/h6-7,9-10,13-14,16,18H,3-5,8,11-12,15,17H2,1-2H3,(H2,29,30)/b19-13+/t27-,28-/m0/s1. The van der Waals surface area contributed by atoms with E-state index < -0.39 is 23.0 Å². The molecule has 1 aromatic carbocycles. The van der Waals surface area contributed by atoms with Crippen molar-refractivity contribution in [1.29, 1.82) is 0 Å². The Balaban J connectivity index is 1.53. The number of nitrogens with zero attached hydrogens (tertiary/aromatic N) is 1. The number of ether oxygens (including phenoxy) is 2. The first kappa shape index (κ1) is 24.8. The van der Waals surface area contributed by atoms with E-state index in [-0.39, 0.29) is 24.4 Å². The van der Waals surface area contributed by atoms with Crippen molar-refractivity contribution in [3.8, 4) is 0 Å². The lowest BCUT2D eigenvalue weighted by atomic mass is 9.72. The molecule has 2 aromatic rings. The van der Waals surface area contributed by atoms with Gasteiger partial charge in [-0.1, -0.05) is 62.1 Å². The minimum absolute atomic E-state index is 0.126. The topological polar surface area (TPSA) is 112 Å². The lowest BCUT2D eigenvalue weighted by Gasteiger charge is -2.23. The lowest BCUT2D eigenvalue weighted by Crippen LogP contribution is -2.50. The first-order chi connectivity index (χ1) is 16.9. The number of unbranched alkanes of at least 4 members (excludes halogenated alkanes) is 3. The fourth-order valence-corrected chi connectivity index (χ4v) is 4.74. The fourth-order valence-electron chi connectivity index (χ4n) is 4.74. The predicted molar refractivity (Wildman–Crippen MR) is 132 cm³/mol. The van der Waals surface area contributed by atoms with Crippen molar-refractivity contribution in [3.05, 3.63) is 70.9 Å². The SMILES string of the molecule is CCCCCCOC(=O)[C@]12O[C@@]1(C/C=C(\C)CCc1ccnc(N)c1)C(=O)c1ccccc1C2=O. The maximum atomic E-state index is 13.5. The van der Waals surface area contributed by atoms with Gasteiger partial charge in [0.1, 0.15) is 5.82 Å². The highest BCUT2D eigenvalue weighted by molar-refractivity contribution is 6.32. The largest absolute Gasteiger partial charge is 0.463 e. The molecular formula is C28H32N2O5. The second-order valence-electron chi connectivity index (χ2n) is 9.35. The number of aryl methyl sites for hydroxylation is 1. The molecular weight excluding hydrogens is 444 g/mol. The zero-order valence-electron chi connectivity index (χ0n) is 20.3. The summed E-state index contributed by atoms with van der Waals surface area (Å²) < 4.78 is 11.4. The number of rotatable bonds is 11. The number of nitrogen functional groups attached to an aromatic ring is 1. The van der Waals surface area contributed by atoms with Crippen molar-refractivity contribution in [2.24, 2.45) is 0 Å². The van der Waals surface area contributed by atoms with Crippen LogP contribution in [0.25, 0.3) is 0 Å². The molecule has 0 unspecified atom stereocenters. The zero-order chi connectivity index (χ0) is 25.1. The Morgan fingerprint density at radius 3 is 2.57 bits per heavy atom. The van der Waals surface area contributed by atoms with Crippen molar-refractivity contribution < 1.29 is 23.9 Å². The van der Waals surface area contributed by atoms with Crippen LogP contribution < -0.4 is 5.73 Å². The third-order valence-corrected chi connectivity index (χ3v) is 6.87. The Morgan fingerprint density at radius 1 is 1.11 bits per heavy atom. The van der Waals surface area contributed by atoms with Gasteiger partial charge in [0.05, 0.1) is 6.61 Å². The summed E-state index contributed by atoms with van der Waals surface area (Å²) in [5.74, 6) is -1.14. The Morgan fingerprint density at radius 2 is 1.86 bits per heavy atom. The summed E-state index contributed by atoms with van der Waals surface area (Å²) in [5, 5.41) is 0. The Kier molecular flexibility index (Phi) is 7.17. The minimum atomic E-state index is -1.90.